The van der Waals surface area contributed by atoms with E-state index in [4.69, 9.17) is 27.4 Å². The Hall–Kier alpha value is -2.14. The zero-order valence-electron chi connectivity index (χ0n) is 10.9. The summed E-state index contributed by atoms with van der Waals surface area (Å²) in [4.78, 5) is 0.234. The van der Waals surface area contributed by atoms with E-state index in [-0.39, 0.29) is 17.4 Å². The van der Waals surface area contributed by atoms with Crippen LogP contribution >= 0.6 is 12.2 Å². The van der Waals surface area contributed by atoms with Crippen molar-refractivity contribution >= 4 is 17.2 Å². The molecule has 3 nitrogen and oxygen atoms in total. The maximum absolute atomic E-state index is 12.8. The van der Waals surface area contributed by atoms with Gasteiger partial charge in [-0.25, -0.2) is 4.39 Å². The van der Waals surface area contributed by atoms with E-state index in [0.717, 1.165) is 5.56 Å². The molecule has 0 aromatic heterocycles. The van der Waals surface area contributed by atoms with Gasteiger partial charge < -0.3 is 15.2 Å². The topological polar surface area (TPSA) is 44.5 Å². The van der Waals surface area contributed by atoms with Crippen molar-refractivity contribution in [1.29, 1.82) is 0 Å². The lowest BCUT2D eigenvalue weighted by atomic mass is 10.2. The summed E-state index contributed by atoms with van der Waals surface area (Å²) in [7, 11) is 1.55. The van der Waals surface area contributed by atoms with Gasteiger partial charge in [0.2, 0.25) is 0 Å². The molecule has 5 heteroatoms. The van der Waals surface area contributed by atoms with Crippen LogP contribution in [0.2, 0.25) is 0 Å². The highest BCUT2D eigenvalue weighted by molar-refractivity contribution is 7.80. The summed E-state index contributed by atoms with van der Waals surface area (Å²) in [6, 6.07) is 11.4. The average Bonchev–Trinajstić information content (AvgIpc) is 2.46. The van der Waals surface area contributed by atoms with Crippen molar-refractivity contribution in [2.45, 2.75) is 6.61 Å². The minimum Gasteiger partial charge on any atom is -0.493 e. The fraction of sp³-hybridized carbons (Fsp3) is 0.133. The zero-order valence-corrected chi connectivity index (χ0v) is 11.7. The molecular formula is C15H14FNO2S. The molecule has 0 atom stereocenters. The largest absolute Gasteiger partial charge is 0.493 e. The molecule has 0 bridgehead atoms. The minimum absolute atomic E-state index is 0.234. The van der Waals surface area contributed by atoms with Crippen LogP contribution in [-0.4, -0.2) is 12.1 Å². The Labute approximate surface area is 122 Å². The minimum atomic E-state index is -0.283. The van der Waals surface area contributed by atoms with Gasteiger partial charge in [0.15, 0.2) is 11.5 Å². The smallest absolute Gasteiger partial charge is 0.171 e. The third-order valence-corrected chi connectivity index (χ3v) is 2.98. The lowest BCUT2D eigenvalue weighted by Crippen LogP contribution is -2.12. The molecule has 2 aromatic rings. The Balaban J connectivity index is 2.23. The summed E-state index contributed by atoms with van der Waals surface area (Å²) in [5.41, 5.74) is 7.12. The van der Waals surface area contributed by atoms with Crippen LogP contribution in [0.1, 0.15) is 11.1 Å². The van der Waals surface area contributed by atoms with Gasteiger partial charge in [0.1, 0.15) is 17.4 Å². The van der Waals surface area contributed by atoms with E-state index in [1.807, 2.05) is 0 Å². The van der Waals surface area contributed by atoms with Crippen LogP contribution < -0.4 is 15.2 Å². The molecule has 0 fully saturated rings. The lowest BCUT2D eigenvalue weighted by Gasteiger charge is -2.14. The SMILES string of the molecule is COc1cccc(C(N)=S)c1OCc1ccc(F)cc1. The molecule has 2 aromatic carbocycles. The lowest BCUT2D eigenvalue weighted by molar-refractivity contribution is 0.284. The second-order valence-corrected chi connectivity index (χ2v) is 4.56. The Morgan fingerprint density at radius 3 is 2.50 bits per heavy atom. The number of nitrogens with two attached hydrogens (primary N) is 1. The van der Waals surface area contributed by atoms with Crippen molar-refractivity contribution < 1.29 is 13.9 Å². The highest BCUT2D eigenvalue weighted by Crippen LogP contribution is 2.31. The summed E-state index contributed by atoms with van der Waals surface area (Å²) in [6.45, 7) is 0.274. The van der Waals surface area contributed by atoms with Gasteiger partial charge in [0.25, 0.3) is 0 Å². The molecule has 0 aliphatic rings. The van der Waals surface area contributed by atoms with E-state index < -0.39 is 0 Å². The third-order valence-electron chi connectivity index (χ3n) is 2.76. The van der Waals surface area contributed by atoms with Crippen LogP contribution in [0, 0.1) is 5.82 Å². The molecule has 0 aliphatic carbocycles. The second kappa shape index (κ2) is 6.34. The van der Waals surface area contributed by atoms with Gasteiger partial charge in [-0.1, -0.05) is 30.4 Å². The molecule has 0 saturated heterocycles. The number of hydrogen-bond donors (Lipinski definition) is 1. The van der Waals surface area contributed by atoms with Crippen LogP contribution in [-0.2, 0) is 6.61 Å². The zero-order chi connectivity index (χ0) is 14.5. The van der Waals surface area contributed by atoms with E-state index in [0.29, 0.717) is 17.1 Å². The van der Waals surface area contributed by atoms with Crippen molar-refractivity contribution in [2.24, 2.45) is 5.73 Å². The molecule has 104 valence electrons. The van der Waals surface area contributed by atoms with Crippen molar-refractivity contribution in [1.82, 2.24) is 0 Å². The summed E-state index contributed by atoms with van der Waals surface area (Å²) in [5.74, 6) is 0.763. The second-order valence-electron chi connectivity index (χ2n) is 4.12. The summed E-state index contributed by atoms with van der Waals surface area (Å²) in [5, 5.41) is 0. The Morgan fingerprint density at radius 2 is 1.90 bits per heavy atom. The van der Waals surface area contributed by atoms with Gasteiger partial charge in [-0.15, -0.1) is 0 Å². The number of para-hydroxylation sites is 1. The Morgan fingerprint density at radius 1 is 1.20 bits per heavy atom. The molecule has 0 radical (unpaired) electrons. The highest BCUT2D eigenvalue weighted by Gasteiger charge is 2.12. The number of ether oxygens (including phenoxy) is 2. The van der Waals surface area contributed by atoms with Crippen LogP contribution in [0.15, 0.2) is 42.5 Å². The van der Waals surface area contributed by atoms with E-state index in [1.165, 1.54) is 12.1 Å². The molecule has 0 amide bonds. The van der Waals surface area contributed by atoms with Crippen molar-refractivity contribution in [3.05, 3.63) is 59.4 Å². The summed E-state index contributed by atoms with van der Waals surface area (Å²) in [6.07, 6.45) is 0. The highest BCUT2D eigenvalue weighted by atomic mass is 32.1. The number of hydrogen-bond acceptors (Lipinski definition) is 3. The third kappa shape index (κ3) is 3.24. The predicted molar refractivity (Wildman–Crippen MR) is 79.6 cm³/mol. The van der Waals surface area contributed by atoms with Gasteiger partial charge in [-0.05, 0) is 29.8 Å². The van der Waals surface area contributed by atoms with E-state index in [9.17, 15) is 4.39 Å². The fourth-order valence-electron chi connectivity index (χ4n) is 1.76. The first kappa shape index (κ1) is 14.3. The summed E-state index contributed by atoms with van der Waals surface area (Å²) >= 11 is 5.00. The number of thiocarbonyl (C=S) groups is 1. The first-order valence-electron chi connectivity index (χ1n) is 5.96. The van der Waals surface area contributed by atoms with Crippen molar-refractivity contribution in [2.75, 3.05) is 7.11 Å². The molecule has 2 rings (SSSR count). The van der Waals surface area contributed by atoms with Gasteiger partial charge in [-0.2, -0.15) is 0 Å². The quantitative estimate of drug-likeness (QED) is 0.860. The van der Waals surface area contributed by atoms with Crippen LogP contribution in [0.5, 0.6) is 11.5 Å². The fourth-order valence-corrected chi connectivity index (χ4v) is 1.92. The number of benzene rings is 2. The molecule has 20 heavy (non-hydrogen) atoms. The number of halogens is 1. The van der Waals surface area contributed by atoms with Crippen LogP contribution in [0.4, 0.5) is 4.39 Å². The first-order chi connectivity index (χ1) is 9.61. The maximum atomic E-state index is 12.8. The van der Waals surface area contributed by atoms with Gasteiger partial charge in [-0.3, -0.25) is 0 Å². The number of rotatable bonds is 5. The van der Waals surface area contributed by atoms with E-state index >= 15 is 0 Å². The van der Waals surface area contributed by atoms with Crippen molar-refractivity contribution in [3.63, 3.8) is 0 Å². The average molecular weight is 291 g/mol. The van der Waals surface area contributed by atoms with E-state index in [2.05, 4.69) is 0 Å². The molecule has 0 saturated carbocycles. The van der Waals surface area contributed by atoms with Gasteiger partial charge in [0.05, 0.1) is 12.7 Å². The van der Waals surface area contributed by atoms with Gasteiger partial charge >= 0.3 is 0 Å². The molecule has 0 unspecified atom stereocenters. The predicted octanol–water partition coefficient (Wildman–Crippen LogP) is 3.05. The van der Waals surface area contributed by atoms with Crippen molar-refractivity contribution in [3.8, 4) is 11.5 Å². The van der Waals surface area contributed by atoms with Crippen LogP contribution in [0.3, 0.4) is 0 Å². The standard InChI is InChI=1S/C15H14FNO2S/c1-18-13-4-2-3-12(15(17)20)14(13)19-9-10-5-7-11(16)8-6-10/h2-8H,9H2,1H3,(H2,17,20). The first-order valence-corrected chi connectivity index (χ1v) is 6.36. The molecule has 0 heterocycles. The Kier molecular flexibility index (Phi) is 4.53. The normalized spacial score (nSPS) is 10.1. The molecule has 0 spiro atoms. The molecule has 0 aliphatic heterocycles. The summed E-state index contributed by atoms with van der Waals surface area (Å²) < 4.78 is 23.8. The van der Waals surface area contributed by atoms with Gasteiger partial charge in [0, 0.05) is 0 Å². The Bertz CT molecular complexity index is 614. The molecular weight excluding hydrogens is 277 g/mol. The van der Waals surface area contributed by atoms with Crippen LogP contribution in [0.25, 0.3) is 0 Å². The molecule has 2 N–H and O–H groups in total. The van der Waals surface area contributed by atoms with E-state index in [1.54, 1.807) is 37.4 Å². The maximum Gasteiger partial charge on any atom is 0.171 e. The monoisotopic (exact) mass is 291 g/mol. The number of methoxy groups -OCH3 is 1.